The molecule has 0 bridgehead atoms. The molecule has 1 N–H and O–H groups in total. The van der Waals surface area contributed by atoms with Crippen LogP contribution >= 0.6 is 15.9 Å². The molecule has 0 aromatic carbocycles. The van der Waals surface area contributed by atoms with Gasteiger partial charge in [-0.2, -0.15) is 17.4 Å². The van der Waals surface area contributed by atoms with Crippen LogP contribution in [0.2, 0.25) is 0 Å². The predicted molar refractivity (Wildman–Crippen MR) is 86.2 cm³/mol. The predicted octanol–water partition coefficient (Wildman–Crippen LogP) is 2.90. The van der Waals surface area contributed by atoms with E-state index in [2.05, 4.69) is 34.5 Å². The molecule has 0 radical (unpaired) electrons. The fourth-order valence-corrected chi connectivity index (χ4v) is 5.93. The number of rotatable bonds is 4. The van der Waals surface area contributed by atoms with E-state index in [0.29, 0.717) is 30.3 Å². The number of hydrogen-bond donors (Lipinski definition) is 1. The van der Waals surface area contributed by atoms with Gasteiger partial charge in [0.1, 0.15) is 0 Å². The van der Waals surface area contributed by atoms with E-state index in [1.165, 1.54) is 6.42 Å². The lowest BCUT2D eigenvalue weighted by molar-refractivity contribution is 0.229. The lowest BCUT2D eigenvalue weighted by Gasteiger charge is -2.41. The summed E-state index contributed by atoms with van der Waals surface area (Å²) in [6.07, 6.45) is 6.12. The molecule has 1 saturated heterocycles. The Morgan fingerprint density at radius 1 is 1.20 bits per heavy atom. The SMILES string of the molecule is CC1CCN(S(=O)(=O)NC2(CBr)CCCC(C)C2)CC1. The van der Waals surface area contributed by atoms with Crippen molar-refractivity contribution < 1.29 is 8.42 Å². The molecule has 1 saturated carbocycles. The van der Waals surface area contributed by atoms with Crippen molar-refractivity contribution in [1.29, 1.82) is 0 Å². The van der Waals surface area contributed by atoms with Crippen LogP contribution in [-0.2, 0) is 10.2 Å². The Bertz CT molecular complexity index is 421. The van der Waals surface area contributed by atoms with Gasteiger partial charge in [0.2, 0.25) is 0 Å². The van der Waals surface area contributed by atoms with Crippen LogP contribution in [0.1, 0.15) is 52.4 Å². The van der Waals surface area contributed by atoms with E-state index in [1.807, 2.05) is 0 Å². The topological polar surface area (TPSA) is 49.4 Å². The summed E-state index contributed by atoms with van der Waals surface area (Å²) in [6, 6.07) is 0. The molecule has 1 aliphatic carbocycles. The van der Waals surface area contributed by atoms with Crippen LogP contribution in [0.4, 0.5) is 0 Å². The maximum Gasteiger partial charge on any atom is 0.279 e. The zero-order valence-corrected chi connectivity index (χ0v) is 15.0. The van der Waals surface area contributed by atoms with Crippen LogP contribution in [0.25, 0.3) is 0 Å². The second-order valence-electron chi connectivity index (χ2n) is 6.80. The molecule has 1 aliphatic heterocycles. The van der Waals surface area contributed by atoms with Crippen molar-refractivity contribution in [3.8, 4) is 0 Å². The summed E-state index contributed by atoms with van der Waals surface area (Å²) in [4.78, 5) is 0. The smallest absolute Gasteiger partial charge is 0.195 e. The third-order valence-corrected chi connectivity index (χ3v) is 7.58. The minimum Gasteiger partial charge on any atom is -0.195 e. The number of halogens is 1. The minimum atomic E-state index is -3.35. The van der Waals surface area contributed by atoms with Gasteiger partial charge in [0.25, 0.3) is 10.2 Å². The summed E-state index contributed by atoms with van der Waals surface area (Å²) < 4.78 is 29.9. The first-order valence-corrected chi connectivity index (χ1v) is 10.3. The fraction of sp³-hybridized carbons (Fsp3) is 1.00. The van der Waals surface area contributed by atoms with Gasteiger partial charge in [-0.15, -0.1) is 0 Å². The van der Waals surface area contributed by atoms with Crippen molar-refractivity contribution in [3.05, 3.63) is 0 Å². The van der Waals surface area contributed by atoms with Crippen LogP contribution in [0, 0.1) is 11.8 Å². The third-order valence-electron chi connectivity index (χ3n) is 4.78. The molecule has 2 atom stereocenters. The van der Waals surface area contributed by atoms with Gasteiger partial charge in [-0.25, -0.2) is 0 Å². The van der Waals surface area contributed by atoms with Gasteiger partial charge in [-0.1, -0.05) is 42.6 Å². The number of hydrogen-bond acceptors (Lipinski definition) is 2. The Hall–Kier alpha value is 0.350. The monoisotopic (exact) mass is 366 g/mol. The maximum absolute atomic E-state index is 12.6. The van der Waals surface area contributed by atoms with Crippen LogP contribution in [0.5, 0.6) is 0 Å². The largest absolute Gasteiger partial charge is 0.279 e. The molecule has 0 aromatic heterocycles. The average Bonchev–Trinajstić information content (AvgIpc) is 2.38. The summed E-state index contributed by atoms with van der Waals surface area (Å²) in [6.45, 7) is 5.72. The number of alkyl halides is 1. The molecule has 0 spiro atoms. The second-order valence-corrected chi connectivity index (χ2v) is 9.04. The van der Waals surface area contributed by atoms with E-state index in [-0.39, 0.29) is 5.54 Å². The van der Waals surface area contributed by atoms with Crippen molar-refractivity contribution in [2.75, 3.05) is 18.4 Å². The van der Waals surface area contributed by atoms with Gasteiger partial charge in [0.05, 0.1) is 0 Å². The maximum atomic E-state index is 12.6. The molecule has 1 heterocycles. The summed E-state index contributed by atoms with van der Waals surface area (Å²) in [5.74, 6) is 1.23. The second kappa shape index (κ2) is 6.63. The van der Waals surface area contributed by atoms with E-state index >= 15 is 0 Å². The number of nitrogens with one attached hydrogen (secondary N) is 1. The molecular formula is C14H27BrN2O2S. The Morgan fingerprint density at radius 3 is 2.40 bits per heavy atom. The molecule has 118 valence electrons. The highest BCUT2D eigenvalue weighted by Gasteiger charge is 2.39. The normalized spacial score (nSPS) is 34.2. The van der Waals surface area contributed by atoms with E-state index in [0.717, 1.165) is 32.1 Å². The first kappa shape index (κ1) is 16.7. The molecule has 0 aromatic rings. The Kier molecular flexibility index (Phi) is 5.54. The molecule has 4 nitrogen and oxygen atoms in total. The van der Waals surface area contributed by atoms with E-state index < -0.39 is 10.2 Å². The molecule has 2 fully saturated rings. The Balaban J connectivity index is 2.05. The third kappa shape index (κ3) is 3.96. The summed E-state index contributed by atoms with van der Waals surface area (Å²) in [5.41, 5.74) is -0.292. The quantitative estimate of drug-likeness (QED) is 0.777. The molecule has 0 amide bonds. The standard InChI is InChI=1S/C14H27BrN2O2S/c1-12-5-8-17(9-6-12)20(18,19)16-14(11-15)7-3-4-13(2)10-14/h12-13,16H,3-11H2,1-2H3. The van der Waals surface area contributed by atoms with Crippen molar-refractivity contribution >= 4 is 26.1 Å². The van der Waals surface area contributed by atoms with E-state index in [9.17, 15) is 8.42 Å². The zero-order valence-electron chi connectivity index (χ0n) is 12.6. The fourth-order valence-electron chi connectivity index (χ4n) is 3.46. The Labute approximate surface area is 132 Å². The van der Waals surface area contributed by atoms with E-state index in [4.69, 9.17) is 0 Å². The lowest BCUT2D eigenvalue weighted by Crippen LogP contribution is -2.57. The summed E-state index contributed by atoms with van der Waals surface area (Å²) in [7, 11) is -3.35. The van der Waals surface area contributed by atoms with Gasteiger partial charge in [-0.05, 0) is 37.5 Å². The van der Waals surface area contributed by atoms with Gasteiger partial charge >= 0.3 is 0 Å². The summed E-state index contributed by atoms with van der Waals surface area (Å²) >= 11 is 3.54. The highest BCUT2D eigenvalue weighted by molar-refractivity contribution is 9.09. The van der Waals surface area contributed by atoms with Crippen LogP contribution < -0.4 is 4.72 Å². The highest BCUT2D eigenvalue weighted by atomic mass is 79.9. The molecule has 2 rings (SSSR count). The number of nitrogens with zero attached hydrogens (tertiary/aromatic N) is 1. The molecule has 20 heavy (non-hydrogen) atoms. The van der Waals surface area contributed by atoms with Crippen LogP contribution in [0.15, 0.2) is 0 Å². The van der Waals surface area contributed by atoms with Gasteiger partial charge in [0, 0.05) is 24.0 Å². The van der Waals surface area contributed by atoms with Gasteiger partial charge in [-0.3, -0.25) is 0 Å². The minimum absolute atomic E-state index is 0.292. The average molecular weight is 367 g/mol. The van der Waals surface area contributed by atoms with Crippen molar-refractivity contribution in [1.82, 2.24) is 9.03 Å². The van der Waals surface area contributed by atoms with Crippen LogP contribution in [0.3, 0.4) is 0 Å². The van der Waals surface area contributed by atoms with Crippen LogP contribution in [-0.4, -0.2) is 36.7 Å². The first-order valence-electron chi connectivity index (χ1n) is 7.72. The zero-order chi connectivity index (χ0) is 14.8. The summed E-state index contributed by atoms with van der Waals surface area (Å²) in [5, 5.41) is 0.702. The first-order chi connectivity index (χ1) is 9.37. The van der Waals surface area contributed by atoms with Crippen molar-refractivity contribution in [3.63, 3.8) is 0 Å². The lowest BCUT2D eigenvalue weighted by atomic mass is 9.78. The molecule has 6 heteroatoms. The number of piperidine rings is 1. The van der Waals surface area contributed by atoms with Gasteiger partial charge in [0.15, 0.2) is 0 Å². The van der Waals surface area contributed by atoms with Crippen molar-refractivity contribution in [2.24, 2.45) is 11.8 Å². The Morgan fingerprint density at radius 2 is 1.85 bits per heavy atom. The highest BCUT2D eigenvalue weighted by Crippen LogP contribution is 2.34. The molecule has 2 aliphatic rings. The van der Waals surface area contributed by atoms with E-state index in [1.54, 1.807) is 4.31 Å². The van der Waals surface area contributed by atoms with Gasteiger partial charge < -0.3 is 0 Å². The molecular weight excluding hydrogens is 340 g/mol. The van der Waals surface area contributed by atoms with Crippen molar-refractivity contribution in [2.45, 2.75) is 57.9 Å². The molecule has 2 unspecified atom stereocenters.